The third-order valence-corrected chi connectivity index (χ3v) is 3.64. The minimum Gasteiger partial charge on any atom is -0.326 e. The Balaban J connectivity index is 1.94. The second-order valence-electron chi connectivity index (χ2n) is 4.41. The lowest BCUT2D eigenvalue weighted by Crippen LogP contribution is -2.03. The maximum Gasteiger partial charge on any atom is 0.228 e. The SMILES string of the molecule is O=C1Cc2cc(C(Cl)c3ccccc3)ccc2N1. The van der Waals surface area contributed by atoms with E-state index in [1.165, 1.54) is 0 Å². The van der Waals surface area contributed by atoms with Gasteiger partial charge in [0.2, 0.25) is 5.91 Å². The van der Waals surface area contributed by atoms with E-state index in [1.54, 1.807) is 0 Å². The van der Waals surface area contributed by atoms with Crippen LogP contribution >= 0.6 is 11.6 Å². The van der Waals surface area contributed by atoms with Crippen LogP contribution in [0, 0.1) is 0 Å². The number of carbonyl (C=O) groups is 1. The summed E-state index contributed by atoms with van der Waals surface area (Å²) < 4.78 is 0. The average molecular weight is 258 g/mol. The van der Waals surface area contributed by atoms with Gasteiger partial charge in [0.25, 0.3) is 0 Å². The highest BCUT2D eigenvalue weighted by atomic mass is 35.5. The number of nitrogens with one attached hydrogen (secondary N) is 1. The van der Waals surface area contributed by atoms with Crippen LogP contribution in [-0.2, 0) is 11.2 Å². The predicted molar refractivity (Wildman–Crippen MR) is 72.9 cm³/mol. The van der Waals surface area contributed by atoms with Gasteiger partial charge >= 0.3 is 0 Å². The van der Waals surface area contributed by atoms with Gasteiger partial charge in [-0.3, -0.25) is 4.79 Å². The van der Waals surface area contributed by atoms with Crippen molar-refractivity contribution in [3.05, 3.63) is 65.2 Å². The summed E-state index contributed by atoms with van der Waals surface area (Å²) in [4.78, 5) is 11.3. The Kier molecular flexibility index (Phi) is 2.80. The molecule has 0 radical (unpaired) electrons. The number of amides is 1. The van der Waals surface area contributed by atoms with Crippen LogP contribution in [-0.4, -0.2) is 5.91 Å². The molecule has 0 spiro atoms. The summed E-state index contributed by atoms with van der Waals surface area (Å²) in [6, 6.07) is 15.8. The van der Waals surface area contributed by atoms with Crippen LogP contribution in [0.1, 0.15) is 22.1 Å². The van der Waals surface area contributed by atoms with E-state index in [0.29, 0.717) is 6.42 Å². The molecule has 1 amide bonds. The van der Waals surface area contributed by atoms with Crippen LogP contribution < -0.4 is 5.32 Å². The van der Waals surface area contributed by atoms with E-state index < -0.39 is 0 Å². The molecule has 0 saturated heterocycles. The van der Waals surface area contributed by atoms with E-state index in [-0.39, 0.29) is 11.3 Å². The summed E-state index contributed by atoms with van der Waals surface area (Å²) >= 11 is 6.46. The van der Waals surface area contributed by atoms with Gasteiger partial charge in [0.15, 0.2) is 0 Å². The number of hydrogen-bond acceptors (Lipinski definition) is 1. The summed E-state index contributed by atoms with van der Waals surface area (Å²) in [5.74, 6) is 0.0491. The molecule has 0 saturated carbocycles. The lowest BCUT2D eigenvalue weighted by atomic mass is 10.0. The third-order valence-electron chi connectivity index (χ3n) is 3.14. The molecule has 90 valence electrons. The summed E-state index contributed by atoms with van der Waals surface area (Å²) in [7, 11) is 0. The van der Waals surface area contributed by atoms with E-state index in [4.69, 9.17) is 11.6 Å². The highest BCUT2D eigenvalue weighted by molar-refractivity contribution is 6.22. The van der Waals surface area contributed by atoms with Crippen molar-refractivity contribution < 1.29 is 4.79 Å². The van der Waals surface area contributed by atoms with Crippen molar-refractivity contribution >= 4 is 23.2 Å². The largest absolute Gasteiger partial charge is 0.326 e. The number of halogens is 1. The average Bonchev–Trinajstić information content (AvgIpc) is 2.78. The molecule has 1 heterocycles. The molecule has 0 fully saturated rings. The van der Waals surface area contributed by atoms with E-state index in [1.807, 2.05) is 48.5 Å². The van der Waals surface area contributed by atoms with Crippen molar-refractivity contribution in [2.75, 3.05) is 5.32 Å². The van der Waals surface area contributed by atoms with Crippen LogP contribution in [0.5, 0.6) is 0 Å². The molecular weight excluding hydrogens is 246 g/mol. The first-order valence-electron chi connectivity index (χ1n) is 5.86. The number of carbonyl (C=O) groups excluding carboxylic acids is 1. The molecule has 2 nitrogen and oxygen atoms in total. The summed E-state index contributed by atoms with van der Waals surface area (Å²) in [5.41, 5.74) is 4.02. The molecule has 3 heteroatoms. The van der Waals surface area contributed by atoms with Crippen LogP contribution in [0.4, 0.5) is 5.69 Å². The van der Waals surface area contributed by atoms with Crippen LogP contribution in [0.3, 0.4) is 0 Å². The molecule has 18 heavy (non-hydrogen) atoms. The van der Waals surface area contributed by atoms with Gasteiger partial charge in [0.05, 0.1) is 11.8 Å². The van der Waals surface area contributed by atoms with Crippen molar-refractivity contribution in [1.29, 1.82) is 0 Å². The molecule has 2 aromatic carbocycles. The number of anilines is 1. The number of rotatable bonds is 2. The maximum atomic E-state index is 11.3. The van der Waals surface area contributed by atoms with Gasteiger partial charge in [-0.05, 0) is 22.8 Å². The Morgan fingerprint density at radius 1 is 1.06 bits per heavy atom. The minimum atomic E-state index is -0.174. The first-order valence-corrected chi connectivity index (χ1v) is 6.29. The predicted octanol–water partition coefficient (Wildman–Crippen LogP) is 3.51. The fourth-order valence-corrected chi connectivity index (χ4v) is 2.50. The van der Waals surface area contributed by atoms with Crippen molar-refractivity contribution in [3.8, 4) is 0 Å². The van der Waals surface area contributed by atoms with Gasteiger partial charge in [-0.2, -0.15) is 0 Å². The molecule has 1 atom stereocenters. The summed E-state index contributed by atoms with van der Waals surface area (Å²) in [6.45, 7) is 0. The molecular formula is C15H12ClNO. The van der Waals surface area contributed by atoms with Gasteiger partial charge < -0.3 is 5.32 Å². The van der Waals surface area contributed by atoms with Crippen LogP contribution in [0.2, 0.25) is 0 Å². The second-order valence-corrected chi connectivity index (χ2v) is 4.85. The molecule has 0 bridgehead atoms. The molecule has 3 rings (SSSR count). The smallest absolute Gasteiger partial charge is 0.228 e. The van der Waals surface area contributed by atoms with Crippen LogP contribution in [0.25, 0.3) is 0 Å². The fourth-order valence-electron chi connectivity index (χ4n) is 2.22. The Labute approximate surface area is 111 Å². The summed E-state index contributed by atoms with van der Waals surface area (Å²) in [5, 5.41) is 2.65. The minimum absolute atomic E-state index is 0.0491. The van der Waals surface area contributed by atoms with E-state index in [2.05, 4.69) is 5.32 Å². The van der Waals surface area contributed by atoms with E-state index in [9.17, 15) is 4.79 Å². The van der Waals surface area contributed by atoms with Gasteiger partial charge in [0, 0.05) is 5.69 Å². The first kappa shape index (κ1) is 11.3. The van der Waals surface area contributed by atoms with Crippen molar-refractivity contribution in [1.82, 2.24) is 0 Å². The monoisotopic (exact) mass is 257 g/mol. The Morgan fingerprint density at radius 3 is 2.61 bits per heavy atom. The van der Waals surface area contributed by atoms with Gasteiger partial charge in [-0.15, -0.1) is 11.6 Å². The van der Waals surface area contributed by atoms with Crippen molar-refractivity contribution in [2.24, 2.45) is 0 Å². The zero-order chi connectivity index (χ0) is 12.5. The lowest BCUT2D eigenvalue weighted by Gasteiger charge is -2.11. The van der Waals surface area contributed by atoms with Crippen molar-refractivity contribution in [2.45, 2.75) is 11.8 Å². The van der Waals surface area contributed by atoms with Crippen LogP contribution in [0.15, 0.2) is 48.5 Å². The lowest BCUT2D eigenvalue weighted by molar-refractivity contribution is -0.115. The maximum absolute atomic E-state index is 11.3. The highest BCUT2D eigenvalue weighted by Crippen LogP contribution is 2.32. The van der Waals surface area contributed by atoms with E-state index >= 15 is 0 Å². The molecule has 1 N–H and O–H groups in total. The van der Waals surface area contributed by atoms with E-state index in [0.717, 1.165) is 22.4 Å². The topological polar surface area (TPSA) is 29.1 Å². The molecule has 2 aromatic rings. The van der Waals surface area contributed by atoms with Gasteiger partial charge in [-0.1, -0.05) is 42.5 Å². The third kappa shape index (κ3) is 2.00. The number of benzene rings is 2. The molecule has 1 unspecified atom stereocenters. The number of fused-ring (bicyclic) bond motifs is 1. The second kappa shape index (κ2) is 4.46. The number of hydrogen-bond donors (Lipinski definition) is 1. The zero-order valence-electron chi connectivity index (χ0n) is 9.69. The normalized spacial score (nSPS) is 15.1. The first-order chi connectivity index (χ1) is 8.74. The number of alkyl halides is 1. The van der Waals surface area contributed by atoms with Gasteiger partial charge in [-0.25, -0.2) is 0 Å². The summed E-state index contributed by atoms with van der Waals surface area (Å²) in [6.07, 6.45) is 0.446. The Bertz CT molecular complexity index is 595. The Morgan fingerprint density at radius 2 is 1.83 bits per heavy atom. The molecule has 1 aliphatic rings. The highest BCUT2D eigenvalue weighted by Gasteiger charge is 2.19. The molecule has 0 aliphatic carbocycles. The van der Waals surface area contributed by atoms with Crippen molar-refractivity contribution in [3.63, 3.8) is 0 Å². The standard InChI is InChI=1S/C15H12ClNO/c16-15(10-4-2-1-3-5-10)11-6-7-13-12(8-11)9-14(18)17-13/h1-8,15H,9H2,(H,17,18). The fraction of sp³-hybridized carbons (Fsp3) is 0.133. The quantitative estimate of drug-likeness (QED) is 0.820. The molecule has 1 aliphatic heterocycles. The zero-order valence-corrected chi connectivity index (χ0v) is 10.4. The Hall–Kier alpha value is -1.80. The molecule has 0 aromatic heterocycles. The van der Waals surface area contributed by atoms with Gasteiger partial charge in [0.1, 0.15) is 0 Å².